The quantitative estimate of drug-likeness (QED) is 0.199. The van der Waals surface area contributed by atoms with Crippen LogP contribution in [-0.2, 0) is 30.4 Å². The summed E-state index contributed by atoms with van der Waals surface area (Å²) in [5.41, 5.74) is 0.422. The van der Waals surface area contributed by atoms with Crippen molar-refractivity contribution in [3.63, 3.8) is 0 Å². The molecule has 1 aromatic carbocycles. The van der Waals surface area contributed by atoms with Crippen molar-refractivity contribution in [2.75, 3.05) is 27.7 Å². The van der Waals surface area contributed by atoms with Crippen molar-refractivity contribution in [3.8, 4) is 0 Å². The van der Waals surface area contributed by atoms with Gasteiger partial charge in [-0.15, -0.1) is 0 Å². The predicted molar refractivity (Wildman–Crippen MR) is 179 cm³/mol. The normalized spacial score (nSPS) is 34.0. The fourth-order valence-corrected chi connectivity index (χ4v) is 10.9. The van der Waals surface area contributed by atoms with Crippen LogP contribution in [0, 0.1) is 58.7 Å². The zero-order chi connectivity index (χ0) is 35.0. The van der Waals surface area contributed by atoms with Gasteiger partial charge in [-0.1, -0.05) is 71.4 Å². The van der Waals surface area contributed by atoms with Crippen LogP contribution in [0.25, 0.3) is 0 Å². The molecule has 1 aromatic rings. The van der Waals surface area contributed by atoms with E-state index in [4.69, 9.17) is 0 Å². The van der Waals surface area contributed by atoms with Crippen LogP contribution >= 0.6 is 0 Å². The molecular formula is C37H53N5O6. The SMILES string of the molecule is CCC(C)C(NC(=O)CN(C)C)C(=O)N(C)C(C(=O)NC12C3C4C1C1C2C3C41C(=O)NC(Cc1ccccc1)CC(C)C(=O)O)C(C)C. The summed E-state index contributed by atoms with van der Waals surface area (Å²) < 4.78 is 0. The Labute approximate surface area is 283 Å². The number of carboxylic acid groups (broad SMARTS) is 1. The first kappa shape index (κ1) is 34.4. The number of carboxylic acids is 1. The molecule has 0 aliphatic heterocycles. The van der Waals surface area contributed by atoms with Crippen LogP contribution in [0.15, 0.2) is 30.3 Å². The van der Waals surface area contributed by atoms with Gasteiger partial charge in [0.1, 0.15) is 12.1 Å². The molecule has 0 bridgehead atoms. The monoisotopic (exact) mass is 663 g/mol. The number of hydrogen-bond acceptors (Lipinski definition) is 6. The third-order valence-electron chi connectivity index (χ3n) is 13.0. The maximum atomic E-state index is 14.0. The summed E-state index contributed by atoms with van der Waals surface area (Å²) in [6.45, 7) is 9.65. The fraction of sp³-hybridized carbons (Fsp3) is 0.703. The van der Waals surface area contributed by atoms with Gasteiger partial charge in [-0.3, -0.25) is 24.0 Å². The Kier molecular flexibility index (Phi) is 8.70. The zero-order valence-corrected chi connectivity index (χ0v) is 29.5. The average molecular weight is 664 g/mol. The number of carbonyl (C=O) groups is 5. The van der Waals surface area contributed by atoms with E-state index in [-0.39, 0.29) is 94.5 Å². The average Bonchev–Trinajstić information content (AvgIpc) is 3.02. The van der Waals surface area contributed by atoms with Crippen molar-refractivity contribution in [2.45, 2.75) is 77.5 Å². The Morgan fingerprint density at radius 3 is 1.96 bits per heavy atom. The second kappa shape index (κ2) is 12.1. The largest absolute Gasteiger partial charge is 0.481 e. The second-order valence-corrected chi connectivity index (χ2v) is 16.2. The number of likely N-dealkylation sites (N-methyl/N-ethyl adjacent to an activating group) is 2. The highest BCUT2D eigenvalue weighted by Crippen LogP contribution is 3.07. The smallest absolute Gasteiger partial charge is 0.306 e. The van der Waals surface area contributed by atoms with Crippen LogP contribution in [0.4, 0.5) is 0 Å². The number of nitrogens with one attached hydrogen (secondary N) is 3. The van der Waals surface area contributed by atoms with Crippen LogP contribution in [0.2, 0.25) is 0 Å². The molecule has 6 aliphatic rings. The predicted octanol–water partition coefficient (Wildman–Crippen LogP) is 2.01. The highest BCUT2D eigenvalue weighted by molar-refractivity contribution is 5.96. The Hall–Kier alpha value is -3.47. The molecule has 0 heterocycles. The number of amides is 4. The second-order valence-electron chi connectivity index (χ2n) is 16.2. The first-order chi connectivity index (χ1) is 22.6. The molecule has 0 aromatic heterocycles. The minimum Gasteiger partial charge on any atom is -0.481 e. The Morgan fingerprint density at radius 2 is 1.46 bits per heavy atom. The molecule has 262 valence electrons. The molecule has 11 heteroatoms. The molecule has 7 rings (SSSR count). The first-order valence-electron chi connectivity index (χ1n) is 17.7. The van der Waals surface area contributed by atoms with E-state index < -0.39 is 24.0 Å². The lowest BCUT2D eigenvalue weighted by atomic mass is 8.94. The van der Waals surface area contributed by atoms with Gasteiger partial charge < -0.3 is 30.9 Å². The number of aliphatic carboxylic acids is 1. The summed E-state index contributed by atoms with van der Waals surface area (Å²) in [5.74, 6) is -0.681. The minimum absolute atomic E-state index is 0.0576. The molecule has 11 nitrogen and oxygen atoms in total. The van der Waals surface area contributed by atoms with Gasteiger partial charge in [-0.05, 0) is 79.8 Å². The van der Waals surface area contributed by atoms with Gasteiger partial charge in [0.05, 0.1) is 23.4 Å². The number of nitrogens with zero attached hydrogens (tertiary/aromatic N) is 2. The van der Waals surface area contributed by atoms with E-state index >= 15 is 0 Å². The van der Waals surface area contributed by atoms with Crippen molar-refractivity contribution in [2.24, 2.45) is 58.7 Å². The lowest BCUT2D eigenvalue weighted by Crippen LogP contribution is -3.16. The van der Waals surface area contributed by atoms with Crippen molar-refractivity contribution in [1.82, 2.24) is 25.8 Å². The molecular weight excluding hydrogens is 610 g/mol. The van der Waals surface area contributed by atoms with Crippen LogP contribution in [0.3, 0.4) is 0 Å². The maximum Gasteiger partial charge on any atom is 0.306 e. The molecule has 4 amide bonds. The molecule has 0 radical (unpaired) electrons. The number of carbonyl (C=O) groups excluding carboxylic acids is 4. The lowest BCUT2D eigenvalue weighted by Gasteiger charge is -3.10. The minimum atomic E-state index is -0.868. The van der Waals surface area contributed by atoms with E-state index in [9.17, 15) is 29.1 Å². The molecule has 5 unspecified atom stereocenters. The van der Waals surface area contributed by atoms with Crippen LogP contribution in [0.5, 0.6) is 0 Å². The van der Waals surface area contributed by atoms with Gasteiger partial charge in [0, 0.05) is 13.1 Å². The topological polar surface area (TPSA) is 148 Å². The summed E-state index contributed by atoms with van der Waals surface area (Å²) >= 11 is 0. The van der Waals surface area contributed by atoms with Crippen LogP contribution in [-0.4, -0.2) is 95.9 Å². The van der Waals surface area contributed by atoms with Crippen molar-refractivity contribution in [1.29, 1.82) is 0 Å². The summed E-state index contributed by atoms with van der Waals surface area (Å²) in [5, 5.41) is 19.2. The molecule has 4 N–H and O–H groups in total. The van der Waals surface area contributed by atoms with E-state index in [2.05, 4.69) is 16.0 Å². The summed E-state index contributed by atoms with van der Waals surface area (Å²) in [6.07, 6.45) is 1.64. The van der Waals surface area contributed by atoms with Gasteiger partial charge >= 0.3 is 5.97 Å². The molecule has 5 atom stereocenters. The van der Waals surface area contributed by atoms with E-state index in [1.54, 1.807) is 33.0 Å². The van der Waals surface area contributed by atoms with E-state index in [1.165, 1.54) is 4.90 Å². The van der Waals surface area contributed by atoms with E-state index in [0.29, 0.717) is 19.3 Å². The zero-order valence-electron chi connectivity index (χ0n) is 29.5. The highest BCUT2D eigenvalue weighted by atomic mass is 16.4. The van der Waals surface area contributed by atoms with Crippen LogP contribution in [0.1, 0.15) is 53.0 Å². The fourth-order valence-electron chi connectivity index (χ4n) is 10.9. The Morgan fingerprint density at radius 1 is 0.875 bits per heavy atom. The molecule has 6 aliphatic carbocycles. The Bertz CT molecular complexity index is 1420. The highest BCUT2D eigenvalue weighted by Gasteiger charge is 3.12. The third-order valence-corrected chi connectivity index (χ3v) is 13.0. The van der Waals surface area contributed by atoms with Crippen molar-refractivity contribution < 1.29 is 29.1 Å². The number of rotatable bonds is 17. The van der Waals surface area contributed by atoms with Crippen molar-refractivity contribution >= 4 is 29.6 Å². The van der Waals surface area contributed by atoms with Gasteiger partial charge in [-0.2, -0.15) is 0 Å². The molecule has 0 spiro atoms. The maximum absolute atomic E-state index is 14.0. The summed E-state index contributed by atoms with van der Waals surface area (Å²) in [4.78, 5) is 69.4. The van der Waals surface area contributed by atoms with Gasteiger partial charge in [0.25, 0.3) is 0 Å². The number of hydrogen-bond donors (Lipinski definition) is 4. The van der Waals surface area contributed by atoms with Crippen molar-refractivity contribution in [3.05, 3.63) is 35.9 Å². The summed E-state index contributed by atoms with van der Waals surface area (Å²) in [7, 11) is 5.26. The molecule has 6 saturated carbocycles. The number of benzene rings is 1. The lowest BCUT2D eigenvalue weighted by molar-refractivity contribution is -0.607. The molecule has 6 fully saturated rings. The molecule has 48 heavy (non-hydrogen) atoms. The summed E-state index contributed by atoms with van der Waals surface area (Å²) in [6, 6.07) is 8.16. The van der Waals surface area contributed by atoms with Gasteiger partial charge in [0.15, 0.2) is 0 Å². The van der Waals surface area contributed by atoms with Crippen LogP contribution < -0.4 is 16.0 Å². The first-order valence-corrected chi connectivity index (χ1v) is 17.7. The van der Waals surface area contributed by atoms with Gasteiger partial charge in [0.2, 0.25) is 23.6 Å². The Balaban J connectivity index is 1.10. The molecule has 0 saturated heterocycles. The van der Waals surface area contributed by atoms with E-state index in [1.807, 2.05) is 58.0 Å². The van der Waals surface area contributed by atoms with E-state index in [0.717, 1.165) is 5.56 Å². The third kappa shape index (κ3) is 4.66. The van der Waals surface area contributed by atoms with Gasteiger partial charge in [-0.25, -0.2) is 0 Å². The standard InChI is InChI=1S/C37H53N5O6/c1-9-19(4)30(39-23(43)17-41(6)7)33(45)42(8)31(18(2)3)32(44)40-37-27-24-28(37)26-29(37)25(27)36(24,26)35(48)38-22(15-20(5)34(46)47)16-21-13-11-10-12-14-21/h10-14,18-20,22,24-31H,9,15-17H2,1-8H3,(H,38,48)(H,39,43)(H,40,44)(H,46,47).